The standard InChI is InChI=1S/C26H17FN2O3S2/c27-21-10-3-1-6-17(21)14-28-15-18(20-9-2-4-11-22(20)28)13-23-24(30)29(26(33)34-23)19-8-5-7-16(12-19)25(31)32/h1-13,15H,14H2,(H,31,32)/b23-13+. The first-order valence-electron chi connectivity index (χ1n) is 10.3. The van der Waals surface area contributed by atoms with Crippen LogP contribution in [-0.4, -0.2) is 25.9 Å². The summed E-state index contributed by atoms with van der Waals surface area (Å²) in [5, 5.41) is 10.2. The summed E-state index contributed by atoms with van der Waals surface area (Å²) in [5.41, 5.74) is 2.78. The number of anilines is 1. The molecule has 1 aliphatic heterocycles. The van der Waals surface area contributed by atoms with Crippen LogP contribution >= 0.6 is 24.0 Å². The number of carbonyl (C=O) groups excluding carboxylic acids is 1. The Balaban J connectivity index is 1.52. The van der Waals surface area contributed by atoms with E-state index in [1.165, 1.54) is 23.1 Å². The average molecular weight is 489 g/mol. The van der Waals surface area contributed by atoms with Crippen molar-refractivity contribution in [2.45, 2.75) is 6.54 Å². The van der Waals surface area contributed by atoms with Crippen molar-refractivity contribution < 1.29 is 19.1 Å². The molecule has 0 atom stereocenters. The lowest BCUT2D eigenvalue weighted by Crippen LogP contribution is -2.27. The van der Waals surface area contributed by atoms with Crippen molar-refractivity contribution in [2.75, 3.05) is 4.90 Å². The van der Waals surface area contributed by atoms with Crippen molar-refractivity contribution in [1.82, 2.24) is 4.57 Å². The normalized spacial score (nSPS) is 15.0. The van der Waals surface area contributed by atoms with E-state index >= 15 is 0 Å². The number of para-hydroxylation sites is 1. The number of amides is 1. The highest BCUT2D eigenvalue weighted by atomic mass is 32.2. The highest BCUT2D eigenvalue weighted by Crippen LogP contribution is 2.37. The number of carboxylic acids is 1. The van der Waals surface area contributed by atoms with Crippen LogP contribution in [-0.2, 0) is 11.3 Å². The van der Waals surface area contributed by atoms with E-state index in [4.69, 9.17) is 12.2 Å². The maximum absolute atomic E-state index is 14.3. The number of fused-ring (bicyclic) bond motifs is 1. The molecule has 34 heavy (non-hydrogen) atoms. The van der Waals surface area contributed by atoms with Gasteiger partial charge in [0.25, 0.3) is 5.91 Å². The van der Waals surface area contributed by atoms with Crippen LogP contribution in [0.3, 0.4) is 0 Å². The molecule has 8 heteroatoms. The Bertz CT molecular complexity index is 1510. The van der Waals surface area contributed by atoms with Crippen LogP contribution in [0, 0.1) is 5.82 Å². The van der Waals surface area contributed by atoms with E-state index in [9.17, 15) is 19.1 Å². The molecule has 0 unspecified atom stereocenters. The molecule has 1 aliphatic rings. The molecule has 4 aromatic rings. The van der Waals surface area contributed by atoms with E-state index in [1.807, 2.05) is 35.0 Å². The average Bonchev–Trinajstić information content (AvgIpc) is 3.31. The van der Waals surface area contributed by atoms with Gasteiger partial charge in [0.1, 0.15) is 5.82 Å². The van der Waals surface area contributed by atoms with E-state index < -0.39 is 5.97 Å². The van der Waals surface area contributed by atoms with Crippen molar-refractivity contribution in [3.05, 3.63) is 106 Å². The van der Waals surface area contributed by atoms with E-state index in [0.29, 0.717) is 27.0 Å². The zero-order valence-corrected chi connectivity index (χ0v) is 19.3. The number of thioether (sulfide) groups is 1. The van der Waals surface area contributed by atoms with E-state index in [-0.39, 0.29) is 17.3 Å². The van der Waals surface area contributed by atoms with Crippen LogP contribution in [0.5, 0.6) is 0 Å². The first-order chi connectivity index (χ1) is 16.4. The van der Waals surface area contributed by atoms with Crippen LogP contribution in [0.15, 0.2) is 83.9 Å². The quantitative estimate of drug-likeness (QED) is 0.279. The smallest absolute Gasteiger partial charge is 0.335 e. The van der Waals surface area contributed by atoms with Gasteiger partial charge in [-0.15, -0.1) is 0 Å². The van der Waals surface area contributed by atoms with Gasteiger partial charge in [-0.2, -0.15) is 0 Å². The van der Waals surface area contributed by atoms with E-state index in [2.05, 4.69) is 0 Å². The lowest BCUT2D eigenvalue weighted by atomic mass is 10.1. The molecule has 0 bridgehead atoms. The lowest BCUT2D eigenvalue weighted by molar-refractivity contribution is -0.113. The third-order valence-electron chi connectivity index (χ3n) is 5.55. The molecule has 2 heterocycles. The third kappa shape index (κ3) is 4.02. The number of aromatic carboxylic acids is 1. The Morgan fingerprint density at radius 1 is 1.06 bits per heavy atom. The summed E-state index contributed by atoms with van der Waals surface area (Å²) in [5.74, 6) is -1.67. The minimum atomic E-state index is -1.08. The third-order valence-corrected chi connectivity index (χ3v) is 6.85. The van der Waals surface area contributed by atoms with Gasteiger partial charge >= 0.3 is 5.97 Å². The maximum Gasteiger partial charge on any atom is 0.335 e. The summed E-state index contributed by atoms with van der Waals surface area (Å²) >= 11 is 6.60. The van der Waals surface area contributed by atoms with Gasteiger partial charge in [-0.05, 0) is 36.4 Å². The number of hydrogen-bond donors (Lipinski definition) is 1. The maximum atomic E-state index is 14.3. The number of benzene rings is 3. The van der Waals surface area contributed by atoms with Crippen LogP contribution in [0.25, 0.3) is 17.0 Å². The minimum absolute atomic E-state index is 0.0757. The summed E-state index contributed by atoms with van der Waals surface area (Å²) in [6.45, 7) is 0.351. The highest BCUT2D eigenvalue weighted by Gasteiger charge is 2.33. The van der Waals surface area contributed by atoms with Gasteiger partial charge in [0.05, 0.1) is 22.7 Å². The minimum Gasteiger partial charge on any atom is -0.478 e. The molecule has 5 rings (SSSR count). The molecule has 1 amide bonds. The Hall–Kier alpha value is -3.75. The Kier molecular flexibility index (Phi) is 5.77. The molecule has 0 saturated carbocycles. The summed E-state index contributed by atoms with van der Waals surface area (Å²) in [6, 6.07) is 20.5. The number of thiocarbonyl (C=S) groups is 1. The second-order valence-electron chi connectivity index (χ2n) is 7.69. The SMILES string of the molecule is O=C(O)c1cccc(N2C(=O)/C(=C\c3cn(Cc4ccccc4F)c4ccccc34)SC2=S)c1. The number of nitrogens with zero attached hydrogens (tertiary/aromatic N) is 2. The largest absolute Gasteiger partial charge is 0.478 e. The van der Waals surface area contributed by atoms with Crippen LogP contribution in [0.2, 0.25) is 0 Å². The predicted octanol–water partition coefficient (Wildman–Crippen LogP) is 5.93. The molecular formula is C26H17FN2O3S2. The summed E-state index contributed by atoms with van der Waals surface area (Å²) < 4.78 is 16.5. The monoisotopic (exact) mass is 488 g/mol. The molecule has 1 saturated heterocycles. The van der Waals surface area contributed by atoms with Crippen molar-refractivity contribution in [3.63, 3.8) is 0 Å². The number of hydrogen-bond acceptors (Lipinski definition) is 4. The molecule has 0 spiro atoms. The van der Waals surface area contributed by atoms with Crippen molar-refractivity contribution >= 4 is 62.8 Å². The fourth-order valence-electron chi connectivity index (χ4n) is 3.94. The zero-order chi connectivity index (χ0) is 23.8. The molecule has 1 fully saturated rings. The first-order valence-corrected chi connectivity index (χ1v) is 11.6. The van der Waals surface area contributed by atoms with Gasteiger partial charge < -0.3 is 9.67 Å². The van der Waals surface area contributed by atoms with Crippen LogP contribution < -0.4 is 4.90 Å². The molecule has 168 valence electrons. The van der Waals surface area contributed by atoms with Gasteiger partial charge in [0.15, 0.2) is 4.32 Å². The molecule has 0 aliphatic carbocycles. The molecule has 3 aromatic carbocycles. The highest BCUT2D eigenvalue weighted by molar-refractivity contribution is 8.27. The van der Waals surface area contributed by atoms with Crippen molar-refractivity contribution in [2.24, 2.45) is 0 Å². The van der Waals surface area contributed by atoms with Crippen LogP contribution in [0.1, 0.15) is 21.5 Å². The van der Waals surface area contributed by atoms with E-state index in [1.54, 1.807) is 36.4 Å². The Morgan fingerprint density at radius 2 is 1.82 bits per heavy atom. The fraction of sp³-hybridized carbons (Fsp3) is 0.0385. The zero-order valence-electron chi connectivity index (χ0n) is 17.6. The number of halogens is 1. The van der Waals surface area contributed by atoms with Crippen molar-refractivity contribution in [3.8, 4) is 0 Å². The topological polar surface area (TPSA) is 62.5 Å². The van der Waals surface area contributed by atoms with Crippen molar-refractivity contribution in [1.29, 1.82) is 0 Å². The number of rotatable bonds is 5. The number of carbonyl (C=O) groups is 2. The van der Waals surface area contributed by atoms with Gasteiger partial charge in [-0.25, -0.2) is 9.18 Å². The number of aromatic nitrogens is 1. The Labute approximate surface area is 204 Å². The summed E-state index contributed by atoms with van der Waals surface area (Å²) in [6.07, 6.45) is 3.68. The second kappa shape index (κ2) is 8.89. The summed E-state index contributed by atoms with van der Waals surface area (Å²) in [4.78, 5) is 26.3. The van der Waals surface area contributed by atoms with Gasteiger partial charge in [0.2, 0.25) is 0 Å². The Morgan fingerprint density at radius 3 is 2.62 bits per heavy atom. The molecular weight excluding hydrogens is 471 g/mol. The lowest BCUT2D eigenvalue weighted by Gasteiger charge is -2.14. The molecule has 1 N–H and O–H groups in total. The fourth-order valence-corrected chi connectivity index (χ4v) is 5.23. The van der Waals surface area contributed by atoms with Crippen LogP contribution in [0.4, 0.5) is 10.1 Å². The molecule has 1 aromatic heterocycles. The predicted molar refractivity (Wildman–Crippen MR) is 136 cm³/mol. The molecule has 5 nitrogen and oxygen atoms in total. The summed E-state index contributed by atoms with van der Waals surface area (Å²) in [7, 11) is 0. The van der Waals surface area contributed by atoms with Gasteiger partial charge in [-0.3, -0.25) is 9.69 Å². The second-order valence-corrected chi connectivity index (χ2v) is 9.37. The van der Waals surface area contributed by atoms with E-state index in [0.717, 1.165) is 28.2 Å². The van der Waals surface area contributed by atoms with Gasteiger partial charge in [0, 0.05) is 28.2 Å². The van der Waals surface area contributed by atoms with Gasteiger partial charge in [-0.1, -0.05) is 66.4 Å². The first kappa shape index (κ1) is 22.1. The number of carboxylic acid groups (broad SMARTS) is 1. The molecule has 0 radical (unpaired) electrons.